The van der Waals surface area contributed by atoms with Gasteiger partial charge in [0, 0.05) is 32.0 Å². The van der Waals surface area contributed by atoms with Crippen LogP contribution < -0.4 is 0 Å². The van der Waals surface area contributed by atoms with Gasteiger partial charge in [0.2, 0.25) is 5.91 Å². The lowest BCUT2D eigenvalue weighted by atomic mass is 10.0. The molecule has 0 radical (unpaired) electrons. The molecule has 1 saturated heterocycles. The summed E-state index contributed by atoms with van der Waals surface area (Å²) in [5, 5.41) is 15.0. The lowest BCUT2D eigenvalue weighted by Crippen LogP contribution is -2.41. The number of likely N-dealkylation sites (tertiary alicyclic amines) is 1. The van der Waals surface area contributed by atoms with E-state index in [0.717, 1.165) is 23.2 Å². The standard InChI is InChI=1S/C16H17F2N3O3/c1-20-15(23)5-4-13(19-20)16(24)21-8-10(22)7-14(21)11-6-9(17)2-3-12(11)18/h2-3,6,10,14,22H,4-5,7-8H2,1H3. The highest BCUT2D eigenvalue weighted by atomic mass is 19.1. The lowest BCUT2D eigenvalue weighted by Gasteiger charge is -2.27. The molecule has 1 fully saturated rings. The Bertz CT molecular complexity index is 723. The SMILES string of the molecule is CN1N=C(C(=O)N2CC(O)CC2c2cc(F)ccc2F)CCC1=O. The third kappa shape index (κ3) is 3.01. The maximum Gasteiger partial charge on any atom is 0.270 e. The summed E-state index contributed by atoms with van der Waals surface area (Å²) < 4.78 is 27.5. The molecule has 2 atom stereocenters. The Morgan fingerprint density at radius 3 is 2.79 bits per heavy atom. The second kappa shape index (κ2) is 6.27. The summed E-state index contributed by atoms with van der Waals surface area (Å²) in [4.78, 5) is 25.5. The minimum atomic E-state index is -0.829. The average molecular weight is 337 g/mol. The third-order valence-corrected chi connectivity index (χ3v) is 4.31. The van der Waals surface area contributed by atoms with Gasteiger partial charge in [-0.2, -0.15) is 5.10 Å². The fraction of sp³-hybridized carbons (Fsp3) is 0.438. The topological polar surface area (TPSA) is 73.2 Å². The number of hydrazone groups is 1. The highest BCUT2D eigenvalue weighted by Gasteiger charge is 2.39. The van der Waals surface area contributed by atoms with Crippen molar-refractivity contribution in [2.45, 2.75) is 31.4 Å². The van der Waals surface area contributed by atoms with Crippen LogP contribution in [0.2, 0.25) is 0 Å². The zero-order chi connectivity index (χ0) is 17.4. The van der Waals surface area contributed by atoms with Crippen molar-refractivity contribution in [2.75, 3.05) is 13.6 Å². The van der Waals surface area contributed by atoms with Crippen LogP contribution in [0.15, 0.2) is 23.3 Å². The molecule has 0 bridgehead atoms. The van der Waals surface area contributed by atoms with Crippen LogP contribution in [0.1, 0.15) is 30.9 Å². The summed E-state index contributed by atoms with van der Waals surface area (Å²) in [6.07, 6.45) is -0.359. The van der Waals surface area contributed by atoms with Gasteiger partial charge >= 0.3 is 0 Å². The van der Waals surface area contributed by atoms with Crippen LogP contribution in [0, 0.1) is 11.6 Å². The van der Waals surface area contributed by atoms with Gasteiger partial charge in [0.05, 0.1) is 12.1 Å². The Hall–Kier alpha value is -2.35. The number of halogens is 2. The number of aliphatic hydroxyl groups is 1. The van der Waals surface area contributed by atoms with Crippen molar-refractivity contribution < 1.29 is 23.5 Å². The molecule has 1 aromatic rings. The molecule has 2 heterocycles. The van der Waals surface area contributed by atoms with Gasteiger partial charge in [-0.25, -0.2) is 13.8 Å². The molecule has 24 heavy (non-hydrogen) atoms. The van der Waals surface area contributed by atoms with Crippen molar-refractivity contribution in [3.63, 3.8) is 0 Å². The van der Waals surface area contributed by atoms with Gasteiger partial charge < -0.3 is 10.0 Å². The van der Waals surface area contributed by atoms with Gasteiger partial charge in [0.25, 0.3) is 5.91 Å². The summed E-state index contributed by atoms with van der Waals surface area (Å²) in [5.41, 5.74) is 0.203. The Morgan fingerprint density at radius 1 is 1.33 bits per heavy atom. The number of aliphatic hydroxyl groups excluding tert-OH is 1. The smallest absolute Gasteiger partial charge is 0.270 e. The first-order chi connectivity index (χ1) is 11.4. The second-order valence-electron chi connectivity index (χ2n) is 5.99. The molecule has 0 aliphatic carbocycles. The molecule has 128 valence electrons. The van der Waals surface area contributed by atoms with Crippen molar-refractivity contribution in [3.8, 4) is 0 Å². The van der Waals surface area contributed by atoms with Crippen LogP contribution >= 0.6 is 0 Å². The molecule has 2 aliphatic rings. The van der Waals surface area contributed by atoms with Crippen LogP contribution in [0.3, 0.4) is 0 Å². The van der Waals surface area contributed by atoms with E-state index in [2.05, 4.69) is 5.10 Å². The van der Waals surface area contributed by atoms with Crippen LogP contribution in [-0.4, -0.2) is 52.2 Å². The highest BCUT2D eigenvalue weighted by Crippen LogP contribution is 2.34. The van der Waals surface area contributed by atoms with Crippen LogP contribution in [0.4, 0.5) is 8.78 Å². The molecule has 0 saturated carbocycles. The van der Waals surface area contributed by atoms with E-state index in [4.69, 9.17) is 0 Å². The number of amides is 2. The molecule has 1 aromatic carbocycles. The van der Waals surface area contributed by atoms with Gasteiger partial charge in [-0.05, 0) is 24.6 Å². The van der Waals surface area contributed by atoms with Crippen molar-refractivity contribution in [2.24, 2.45) is 5.10 Å². The van der Waals surface area contributed by atoms with E-state index in [-0.39, 0.29) is 43.0 Å². The Labute approximate surface area is 137 Å². The molecule has 2 amide bonds. The minimum Gasteiger partial charge on any atom is -0.391 e. The number of carbonyl (C=O) groups is 2. The largest absolute Gasteiger partial charge is 0.391 e. The Kier molecular flexibility index (Phi) is 4.31. The summed E-state index contributed by atoms with van der Waals surface area (Å²) in [6.45, 7) is 0.0101. The van der Waals surface area contributed by atoms with Gasteiger partial charge in [0.15, 0.2) is 0 Å². The first-order valence-corrected chi connectivity index (χ1v) is 7.65. The number of hydrogen-bond acceptors (Lipinski definition) is 4. The highest BCUT2D eigenvalue weighted by molar-refractivity contribution is 6.39. The maximum atomic E-state index is 14.1. The van der Waals surface area contributed by atoms with Gasteiger partial charge in [-0.3, -0.25) is 9.59 Å². The molecule has 1 N–H and O–H groups in total. The molecular formula is C16H17F2N3O3. The number of rotatable bonds is 2. The van der Waals surface area contributed by atoms with Crippen LogP contribution in [-0.2, 0) is 9.59 Å². The molecule has 0 spiro atoms. The second-order valence-corrected chi connectivity index (χ2v) is 5.99. The predicted octanol–water partition coefficient (Wildman–Crippen LogP) is 1.21. The molecule has 2 aliphatic heterocycles. The zero-order valence-electron chi connectivity index (χ0n) is 13.1. The lowest BCUT2D eigenvalue weighted by molar-refractivity contribution is -0.130. The van der Waals surface area contributed by atoms with Crippen LogP contribution in [0.25, 0.3) is 0 Å². The van der Waals surface area contributed by atoms with Crippen molar-refractivity contribution >= 4 is 17.5 Å². The molecule has 6 nitrogen and oxygen atoms in total. The number of nitrogens with zero attached hydrogens (tertiary/aromatic N) is 3. The predicted molar refractivity (Wildman–Crippen MR) is 80.9 cm³/mol. The van der Waals surface area contributed by atoms with E-state index in [9.17, 15) is 23.5 Å². The van der Waals surface area contributed by atoms with E-state index < -0.39 is 29.7 Å². The van der Waals surface area contributed by atoms with E-state index in [1.807, 2.05) is 0 Å². The van der Waals surface area contributed by atoms with Gasteiger partial charge in [-0.15, -0.1) is 0 Å². The monoisotopic (exact) mass is 337 g/mol. The fourth-order valence-corrected chi connectivity index (χ4v) is 3.09. The molecule has 8 heteroatoms. The molecule has 2 unspecified atom stereocenters. The summed E-state index contributed by atoms with van der Waals surface area (Å²) >= 11 is 0. The van der Waals surface area contributed by atoms with Gasteiger partial charge in [0.1, 0.15) is 17.3 Å². The van der Waals surface area contributed by atoms with Gasteiger partial charge in [-0.1, -0.05) is 0 Å². The minimum absolute atomic E-state index is 0.0101. The van der Waals surface area contributed by atoms with E-state index in [1.165, 1.54) is 11.9 Å². The summed E-state index contributed by atoms with van der Waals surface area (Å²) in [7, 11) is 1.46. The first kappa shape index (κ1) is 16.5. The number of benzene rings is 1. The maximum absolute atomic E-state index is 14.1. The van der Waals surface area contributed by atoms with E-state index in [1.54, 1.807) is 0 Å². The summed E-state index contributed by atoms with van der Waals surface area (Å²) in [5.74, 6) is -1.91. The quantitative estimate of drug-likeness (QED) is 0.881. The first-order valence-electron chi connectivity index (χ1n) is 7.65. The Morgan fingerprint density at radius 2 is 2.08 bits per heavy atom. The molecule has 0 aromatic heterocycles. The van der Waals surface area contributed by atoms with Crippen molar-refractivity contribution in [1.82, 2.24) is 9.91 Å². The van der Waals surface area contributed by atoms with Crippen molar-refractivity contribution in [3.05, 3.63) is 35.4 Å². The van der Waals surface area contributed by atoms with Crippen molar-refractivity contribution in [1.29, 1.82) is 0 Å². The molecule has 3 rings (SSSR count). The average Bonchev–Trinajstić information content (AvgIpc) is 2.93. The summed E-state index contributed by atoms with van der Waals surface area (Å²) in [6, 6.07) is 2.27. The fourth-order valence-electron chi connectivity index (χ4n) is 3.09. The number of carbonyl (C=O) groups excluding carboxylic acids is 2. The molecular weight excluding hydrogens is 320 g/mol. The third-order valence-electron chi connectivity index (χ3n) is 4.31. The van der Waals surface area contributed by atoms with E-state index >= 15 is 0 Å². The normalized spacial score (nSPS) is 24.3. The van der Waals surface area contributed by atoms with E-state index in [0.29, 0.717) is 0 Å². The number of β-amino-alcohol motifs (C(OH)–C–C–N with tert-alkyl or cyclic N) is 1. The van der Waals surface area contributed by atoms with Crippen LogP contribution in [0.5, 0.6) is 0 Å². The number of hydrogen-bond donors (Lipinski definition) is 1. The zero-order valence-corrected chi connectivity index (χ0v) is 13.1. The Balaban J connectivity index is 1.91.